The Balaban J connectivity index is 2.04. The quantitative estimate of drug-likeness (QED) is 0.840. The van der Waals surface area contributed by atoms with E-state index in [1.807, 2.05) is 0 Å². The molecule has 0 bridgehead atoms. The van der Waals surface area contributed by atoms with Gasteiger partial charge in [-0.1, -0.05) is 0 Å². The summed E-state index contributed by atoms with van der Waals surface area (Å²) in [6.45, 7) is 1.41. The van der Waals surface area contributed by atoms with Gasteiger partial charge < -0.3 is 14.8 Å². The molecule has 2 aromatic rings. The summed E-state index contributed by atoms with van der Waals surface area (Å²) in [5.74, 6) is -0.00186. The number of hydrogen-bond donors (Lipinski definition) is 2. The molecule has 1 atom stereocenters. The first-order valence-corrected chi connectivity index (χ1v) is 5.91. The third-order valence-corrected chi connectivity index (χ3v) is 3.19. The van der Waals surface area contributed by atoms with Crippen LogP contribution in [0.25, 0.3) is 11.2 Å². The number of carbonyl (C=O) groups is 1. The predicted octanol–water partition coefficient (Wildman–Crippen LogP) is 1.55. The van der Waals surface area contributed by atoms with Crippen LogP contribution in [0.1, 0.15) is 34.9 Å². The SMILES string of the molecule is O=C(O)c1ccnc2nc(C3CCCOC3)[nH]c12. The normalized spacial score (nSPS) is 20.1. The van der Waals surface area contributed by atoms with Crippen molar-refractivity contribution in [2.45, 2.75) is 18.8 Å². The zero-order valence-electron chi connectivity index (χ0n) is 9.72. The summed E-state index contributed by atoms with van der Waals surface area (Å²) in [7, 11) is 0. The van der Waals surface area contributed by atoms with Gasteiger partial charge in [0.25, 0.3) is 0 Å². The molecule has 6 nitrogen and oxygen atoms in total. The fourth-order valence-corrected chi connectivity index (χ4v) is 2.26. The van der Waals surface area contributed by atoms with Crippen LogP contribution >= 0.6 is 0 Å². The largest absolute Gasteiger partial charge is 0.478 e. The lowest BCUT2D eigenvalue weighted by atomic mass is 10.0. The summed E-state index contributed by atoms with van der Waals surface area (Å²) >= 11 is 0. The van der Waals surface area contributed by atoms with Gasteiger partial charge >= 0.3 is 5.97 Å². The van der Waals surface area contributed by atoms with Gasteiger partial charge in [0.05, 0.1) is 17.7 Å². The molecule has 6 heteroatoms. The van der Waals surface area contributed by atoms with Crippen LogP contribution in [-0.2, 0) is 4.74 Å². The van der Waals surface area contributed by atoms with Crippen molar-refractivity contribution in [2.75, 3.05) is 13.2 Å². The van der Waals surface area contributed by atoms with Gasteiger partial charge in [-0.3, -0.25) is 0 Å². The van der Waals surface area contributed by atoms with Crippen LogP contribution in [0.4, 0.5) is 0 Å². The van der Waals surface area contributed by atoms with Gasteiger partial charge in [0, 0.05) is 18.7 Å². The Hall–Kier alpha value is -1.95. The molecule has 1 aliphatic heterocycles. The summed E-state index contributed by atoms with van der Waals surface area (Å²) in [4.78, 5) is 22.6. The Labute approximate surface area is 103 Å². The zero-order chi connectivity index (χ0) is 12.5. The summed E-state index contributed by atoms with van der Waals surface area (Å²) in [6.07, 6.45) is 3.47. The minimum atomic E-state index is -0.975. The second-order valence-corrected chi connectivity index (χ2v) is 4.40. The van der Waals surface area contributed by atoms with E-state index in [4.69, 9.17) is 9.84 Å². The number of H-pyrrole nitrogens is 1. The molecule has 18 heavy (non-hydrogen) atoms. The van der Waals surface area contributed by atoms with Crippen LogP contribution in [0, 0.1) is 0 Å². The summed E-state index contributed by atoms with van der Waals surface area (Å²) in [5.41, 5.74) is 1.15. The van der Waals surface area contributed by atoms with Crippen LogP contribution in [0.5, 0.6) is 0 Å². The Morgan fingerprint density at radius 3 is 3.17 bits per heavy atom. The van der Waals surface area contributed by atoms with E-state index < -0.39 is 5.97 Å². The molecule has 0 saturated carbocycles. The smallest absolute Gasteiger partial charge is 0.338 e. The number of pyridine rings is 1. The topological polar surface area (TPSA) is 88.1 Å². The van der Waals surface area contributed by atoms with Crippen LogP contribution in [0.15, 0.2) is 12.3 Å². The molecule has 1 unspecified atom stereocenters. The van der Waals surface area contributed by atoms with Gasteiger partial charge in [-0.05, 0) is 18.9 Å². The third kappa shape index (κ3) is 1.84. The fourth-order valence-electron chi connectivity index (χ4n) is 2.26. The lowest BCUT2D eigenvalue weighted by Gasteiger charge is -2.19. The summed E-state index contributed by atoms with van der Waals surface area (Å²) in [5, 5.41) is 9.10. The molecule has 1 fully saturated rings. The maximum Gasteiger partial charge on any atom is 0.338 e. The van der Waals surface area contributed by atoms with E-state index in [0.717, 1.165) is 25.3 Å². The van der Waals surface area contributed by atoms with E-state index in [1.165, 1.54) is 12.3 Å². The second-order valence-electron chi connectivity index (χ2n) is 4.40. The van der Waals surface area contributed by atoms with Crippen molar-refractivity contribution >= 4 is 17.1 Å². The summed E-state index contributed by atoms with van der Waals surface area (Å²) < 4.78 is 5.41. The minimum absolute atomic E-state index is 0.203. The summed E-state index contributed by atoms with van der Waals surface area (Å²) in [6, 6.07) is 1.48. The lowest BCUT2D eigenvalue weighted by molar-refractivity contribution is 0.0698. The van der Waals surface area contributed by atoms with E-state index in [9.17, 15) is 4.79 Å². The number of rotatable bonds is 2. The molecule has 2 N–H and O–H groups in total. The Morgan fingerprint density at radius 2 is 2.44 bits per heavy atom. The van der Waals surface area contributed by atoms with Crippen molar-refractivity contribution in [3.05, 3.63) is 23.7 Å². The van der Waals surface area contributed by atoms with E-state index in [-0.39, 0.29) is 11.5 Å². The number of nitrogens with zero attached hydrogens (tertiary/aromatic N) is 2. The molecule has 0 amide bonds. The highest BCUT2D eigenvalue weighted by Crippen LogP contribution is 2.25. The molecular formula is C12H13N3O3. The first-order chi connectivity index (χ1) is 8.75. The number of hydrogen-bond acceptors (Lipinski definition) is 4. The number of carboxylic acid groups (broad SMARTS) is 1. The van der Waals surface area contributed by atoms with Gasteiger partial charge in [-0.25, -0.2) is 14.8 Å². The van der Waals surface area contributed by atoms with Crippen LogP contribution in [0.3, 0.4) is 0 Å². The molecule has 3 heterocycles. The van der Waals surface area contributed by atoms with Crippen molar-refractivity contribution < 1.29 is 14.6 Å². The second kappa shape index (κ2) is 4.38. The maximum absolute atomic E-state index is 11.1. The van der Waals surface area contributed by atoms with Crippen molar-refractivity contribution in [1.29, 1.82) is 0 Å². The highest BCUT2D eigenvalue weighted by atomic mass is 16.5. The van der Waals surface area contributed by atoms with E-state index in [2.05, 4.69) is 15.0 Å². The number of aromatic amines is 1. The lowest BCUT2D eigenvalue weighted by Crippen LogP contribution is -2.16. The monoisotopic (exact) mass is 247 g/mol. The van der Waals surface area contributed by atoms with E-state index >= 15 is 0 Å². The van der Waals surface area contributed by atoms with Crippen molar-refractivity contribution in [3.8, 4) is 0 Å². The van der Waals surface area contributed by atoms with Gasteiger partial charge in [0.15, 0.2) is 5.65 Å². The number of fused-ring (bicyclic) bond motifs is 1. The van der Waals surface area contributed by atoms with Crippen molar-refractivity contribution in [3.63, 3.8) is 0 Å². The number of aromatic carboxylic acids is 1. The van der Waals surface area contributed by atoms with Crippen LogP contribution in [0.2, 0.25) is 0 Å². The fraction of sp³-hybridized carbons (Fsp3) is 0.417. The molecule has 0 aromatic carbocycles. The molecule has 0 radical (unpaired) electrons. The Kier molecular flexibility index (Phi) is 2.71. The Morgan fingerprint density at radius 1 is 1.56 bits per heavy atom. The number of aromatic nitrogens is 3. The number of carboxylic acids is 1. The number of ether oxygens (including phenoxy) is 1. The molecule has 0 aliphatic carbocycles. The van der Waals surface area contributed by atoms with Crippen LogP contribution in [-0.4, -0.2) is 39.2 Å². The zero-order valence-corrected chi connectivity index (χ0v) is 9.72. The average Bonchev–Trinajstić information content (AvgIpc) is 2.83. The van der Waals surface area contributed by atoms with Gasteiger partial charge in [-0.2, -0.15) is 0 Å². The molecule has 1 aliphatic rings. The molecule has 94 valence electrons. The average molecular weight is 247 g/mol. The number of nitrogens with one attached hydrogen (secondary N) is 1. The van der Waals surface area contributed by atoms with Crippen molar-refractivity contribution in [1.82, 2.24) is 15.0 Å². The number of imidazole rings is 1. The maximum atomic E-state index is 11.1. The van der Waals surface area contributed by atoms with Gasteiger partial charge in [0.1, 0.15) is 5.82 Å². The molecule has 0 spiro atoms. The molecule has 1 saturated heterocycles. The standard InChI is InChI=1S/C12H13N3O3/c16-12(17)8-3-4-13-11-9(8)14-10(15-11)7-2-1-5-18-6-7/h3-4,7H,1-2,5-6H2,(H,16,17)(H,13,14,15). The molecule has 3 rings (SSSR count). The minimum Gasteiger partial charge on any atom is -0.478 e. The first kappa shape index (κ1) is 11.2. The highest BCUT2D eigenvalue weighted by molar-refractivity contribution is 5.99. The highest BCUT2D eigenvalue weighted by Gasteiger charge is 2.21. The first-order valence-electron chi connectivity index (χ1n) is 5.91. The van der Waals surface area contributed by atoms with Crippen molar-refractivity contribution in [2.24, 2.45) is 0 Å². The third-order valence-electron chi connectivity index (χ3n) is 3.19. The van der Waals surface area contributed by atoms with E-state index in [0.29, 0.717) is 17.8 Å². The van der Waals surface area contributed by atoms with Gasteiger partial charge in [-0.15, -0.1) is 0 Å². The predicted molar refractivity (Wildman–Crippen MR) is 63.6 cm³/mol. The van der Waals surface area contributed by atoms with E-state index in [1.54, 1.807) is 0 Å². The van der Waals surface area contributed by atoms with Gasteiger partial charge in [0.2, 0.25) is 0 Å². The molecular weight excluding hydrogens is 234 g/mol. The molecule has 2 aromatic heterocycles. The van der Waals surface area contributed by atoms with Crippen LogP contribution < -0.4 is 0 Å². The Bertz CT molecular complexity index is 587.